The number of nitrogens with one attached hydrogen (secondary N) is 1. The van der Waals surface area contributed by atoms with Crippen molar-refractivity contribution in [2.75, 3.05) is 5.32 Å². The van der Waals surface area contributed by atoms with Crippen LogP contribution in [0.25, 0.3) is 0 Å². The van der Waals surface area contributed by atoms with Crippen molar-refractivity contribution in [3.05, 3.63) is 18.3 Å². The van der Waals surface area contributed by atoms with Crippen LogP contribution in [0.1, 0.15) is 32.1 Å². The van der Waals surface area contributed by atoms with Crippen LogP contribution in [0.5, 0.6) is 0 Å². The predicted octanol–water partition coefficient (Wildman–Crippen LogP) is 2.36. The van der Waals surface area contributed by atoms with Crippen LogP contribution in [0.4, 0.5) is 10.2 Å². The van der Waals surface area contributed by atoms with Gasteiger partial charge in [-0.3, -0.25) is 0 Å². The lowest BCUT2D eigenvalue weighted by Gasteiger charge is -2.22. The van der Waals surface area contributed by atoms with Crippen LogP contribution < -0.4 is 5.32 Å². The van der Waals surface area contributed by atoms with Crippen molar-refractivity contribution in [3.63, 3.8) is 0 Å². The molecule has 3 nitrogen and oxygen atoms in total. The molecule has 1 N–H and O–H groups in total. The Hall–Kier alpha value is -1.19. The van der Waals surface area contributed by atoms with E-state index in [1.54, 1.807) is 0 Å². The van der Waals surface area contributed by atoms with Crippen LogP contribution in [0.15, 0.2) is 12.4 Å². The molecule has 1 aliphatic rings. The van der Waals surface area contributed by atoms with E-state index in [1.807, 2.05) is 0 Å². The Bertz CT molecular complexity index is 297. The van der Waals surface area contributed by atoms with Gasteiger partial charge >= 0.3 is 0 Å². The first-order valence-corrected chi connectivity index (χ1v) is 5.09. The summed E-state index contributed by atoms with van der Waals surface area (Å²) in [5.41, 5.74) is 0. The quantitative estimate of drug-likeness (QED) is 0.736. The maximum absolute atomic E-state index is 12.7. The molecule has 1 aromatic heterocycles. The molecule has 0 radical (unpaired) electrons. The van der Waals surface area contributed by atoms with Crippen molar-refractivity contribution >= 4 is 5.82 Å². The summed E-state index contributed by atoms with van der Waals surface area (Å²) in [7, 11) is 0. The fourth-order valence-corrected chi connectivity index (χ4v) is 1.87. The largest absolute Gasteiger partial charge is 0.367 e. The Kier molecular flexibility index (Phi) is 2.91. The predicted molar refractivity (Wildman–Crippen MR) is 52.5 cm³/mol. The van der Waals surface area contributed by atoms with E-state index in [0.717, 1.165) is 12.8 Å². The van der Waals surface area contributed by atoms with Crippen LogP contribution in [-0.4, -0.2) is 16.0 Å². The molecule has 0 spiro atoms. The Labute approximate surface area is 82.8 Å². The Morgan fingerprint density at radius 1 is 1.21 bits per heavy atom. The third kappa shape index (κ3) is 2.40. The molecule has 1 fully saturated rings. The van der Waals surface area contributed by atoms with Gasteiger partial charge in [-0.2, -0.15) is 4.39 Å². The van der Waals surface area contributed by atoms with Crippen LogP contribution in [0.3, 0.4) is 0 Å². The molecule has 0 unspecified atom stereocenters. The van der Waals surface area contributed by atoms with E-state index < -0.39 is 5.95 Å². The lowest BCUT2D eigenvalue weighted by Crippen LogP contribution is -2.22. The zero-order chi connectivity index (χ0) is 9.80. The molecule has 0 saturated heterocycles. The molecule has 2 rings (SSSR count). The van der Waals surface area contributed by atoms with Crippen molar-refractivity contribution in [1.29, 1.82) is 0 Å². The number of hydrogen-bond acceptors (Lipinski definition) is 3. The molecule has 0 aliphatic heterocycles. The zero-order valence-electron chi connectivity index (χ0n) is 8.04. The monoisotopic (exact) mass is 195 g/mol. The first-order valence-electron chi connectivity index (χ1n) is 5.09. The van der Waals surface area contributed by atoms with E-state index in [2.05, 4.69) is 15.3 Å². The number of nitrogens with zero attached hydrogens (tertiary/aromatic N) is 2. The molecule has 0 bridgehead atoms. The number of anilines is 1. The van der Waals surface area contributed by atoms with E-state index in [4.69, 9.17) is 0 Å². The first kappa shape index (κ1) is 9.37. The van der Waals surface area contributed by atoms with Gasteiger partial charge in [-0.25, -0.2) is 9.97 Å². The number of hydrogen-bond donors (Lipinski definition) is 1. The molecular weight excluding hydrogens is 181 g/mol. The zero-order valence-corrected chi connectivity index (χ0v) is 8.04. The fraction of sp³-hybridized carbons (Fsp3) is 0.600. The van der Waals surface area contributed by atoms with Crippen LogP contribution in [0.2, 0.25) is 0 Å². The van der Waals surface area contributed by atoms with Gasteiger partial charge in [0, 0.05) is 12.1 Å². The summed E-state index contributed by atoms with van der Waals surface area (Å²) >= 11 is 0. The summed E-state index contributed by atoms with van der Waals surface area (Å²) in [5.74, 6) is 0.128. The minimum atomic E-state index is -0.474. The molecular formula is C10H14FN3. The summed E-state index contributed by atoms with van der Waals surface area (Å²) in [6.07, 6.45) is 7.39. The third-order valence-corrected chi connectivity index (χ3v) is 2.59. The average molecular weight is 195 g/mol. The average Bonchev–Trinajstić information content (AvgIpc) is 2.19. The molecule has 0 aromatic carbocycles. The minimum absolute atomic E-state index is 0.457. The maximum Gasteiger partial charge on any atom is 0.217 e. The molecule has 4 heteroatoms. The molecule has 0 atom stereocenters. The van der Waals surface area contributed by atoms with Gasteiger partial charge in [-0.1, -0.05) is 19.3 Å². The van der Waals surface area contributed by atoms with Gasteiger partial charge in [0.25, 0.3) is 0 Å². The molecule has 14 heavy (non-hydrogen) atoms. The first-order chi connectivity index (χ1) is 6.84. The highest BCUT2D eigenvalue weighted by Crippen LogP contribution is 2.20. The third-order valence-electron chi connectivity index (χ3n) is 2.59. The Morgan fingerprint density at radius 2 is 2.00 bits per heavy atom. The van der Waals surface area contributed by atoms with E-state index in [9.17, 15) is 4.39 Å². The highest BCUT2D eigenvalue weighted by molar-refractivity contribution is 5.33. The molecule has 1 heterocycles. The number of aromatic nitrogens is 2. The number of rotatable bonds is 2. The summed E-state index contributed by atoms with van der Waals surface area (Å²) in [4.78, 5) is 7.39. The van der Waals surface area contributed by atoms with Crippen molar-refractivity contribution in [2.45, 2.75) is 38.1 Å². The van der Waals surface area contributed by atoms with E-state index in [0.29, 0.717) is 11.9 Å². The second-order valence-corrected chi connectivity index (χ2v) is 3.71. The highest BCUT2D eigenvalue weighted by atomic mass is 19.1. The lowest BCUT2D eigenvalue weighted by molar-refractivity contribution is 0.461. The van der Waals surface area contributed by atoms with Crippen molar-refractivity contribution < 1.29 is 4.39 Å². The fourth-order valence-electron chi connectivity index (χ4n) is 1.87. The van der Waals surface area contributed by atoms with Gasteiger partial charge < -0.3 is 5.32 Å². The van der Waals surface area contributed by atoms with Crippen molar-refractivity contribution in [3.8, 4) is 0 Å². The van der Waals surface area contributed by atoms with Gasteiger partial charge in [0.15, 0.2) is 0 Å². The highest BCUT2D eigenvalue weighted by Gasteiger charge is 2.13. The maximum atomic E-state index is 12.7. The van der Waals surface area contributed by atoms with E-state index >= 15 is 0 Å². The summed E-state index contributed by atoms with van der Waals surface area (Å²) in [6.45, 7) is 0. The molecule has 76 valence electrons. The van der Waals surface area contributed by atoms with Crippen LogP contribution >= 0.6 is 0 Å². The van der Waals surface area contributed by atoms with Crippen molar-refractivity contribution in [1.82, 2.24) is 9.97 Å². The van der Waals surface area contributed by atoms with Gasteiger partial charge in [-0.15, -0.1) is 0 Å². The van der Waals surface area contributed by atoms with Crippen molar-refractivity contribution in [2.24, 2.45) is 0 Å². The van der Waals surface area contributed by atoms with E-state index in [-0.39, 0.29) is 0 Å². The molecule has 1 aliphatic carbocycles. The second-order valence-electron chi connectivity index (χ2n) is 3.71. The SMILES string of the molecule is Fc1cc(NC2CCCCC2)ncn1. The minimum Gasteiger partial charge on any atom is -0.367 e. The number of halogens is 1. The van der Waals surface area contributed by atoms with Gasteiger partial charge in [0.1, 0.15) is 12.1 Å². The standard InChI is InChI=1S/C10H14FN3/c11-9-6-10(13-7-12-9)14-8-4-2-1-3-5-8/h6-8H,1-5H2,(H,12,13,14). The van der Waals surface area contributed by atoms with Crippen LogP contribution in [0, 0.1) is 5.95 Å². The molecule has 1 saturated carbocycles. The van der Waals surface area contributed by atoms with Gasteiger partial charge in [0.2, 0.25) is 5.95 Å². The van der Waals surface area contributed by atoms with Gasteiger partial charge in [0.05, 0.1) is 0 Å². The topological polar surface area (TPSA) is 37.8 Å². The summed E-state index contributed by atoms with van der Waals surface area (Å²) < 4.78 is 12.7. The lowest BCUT2D eigenvalue weighted by atomic mass is 9.95. The second kappa shape index (κ2) is 4.35. The molecule has 0 amide bonds. The normalized spacial score (nSPS) is 18.1. The Balaban J connectivity index is 1.95. The molecule has 1 aromatic rings. The summed E-state index contributed by atoms with van der Waals surface area (Å²) in [6, 6.07) is 1.80. The summed E-state index contributed by atoms with van der Waals surface area (Å²) in [5, 5.41) is 3.23. The Morgan fingerprint density at radius 3 is 2.71 bits per heavy atom. The van der Waals surface area contributed by atoms with Gasteiger partial charge in [-0.05, 0) is 12.8 Å². The van der Waals surface area contributed by atoms with E-state index in [1.165, 1.54) is 31.7 Å². The smallest absolute Gasteiger partial charge is 0.217 e. The van der Waals surface area contributed by atoms with Crippen LogP contribution in [-0.2, 0) is 0 Å².